The van der Waals surface area contributed by atoms with E-state index < -0.39 is 0 Å². The summed E-state index contributed by atoms with van der Waals surface area (Å²) in [5.74, 6) is 0. The Bertz CT molecular complexity index is 353. The first-order chi connectivity index (χ1) is 6.30. The van der Waals surface area contributed by atoms with Gasteiger partial charge in [0.05, 0.1) is 16.8 Å². The average molecular weight is 173 g/mol. The molecule has 0 radical (unpaired) electrons. The molecule has 1 aliphatic carbocycles. The number of carbonyl (C=O) groups excluding carboxylic acids is 1. The number of hydrogen-bond acceptors (Lipinski definition) is 2. The molecule has 13 heavy (non-hydrogen) atoms. The monoisotopic (exact) mass is 173 g/mol. The van der Waals surface area contributed by atoms with Crippen LogP contribution in [-0.4, -0.2) is 11.3 Å². The van der Waals surface area contributed by atoms with E-state index in [1.807, 2.05) is 18.2 Å². The Hall–Kier alpha value is -1.44. The molecule has 0 saturated heterocycles. The standard InChI is InChI=1S/C11H11NO/c1-2-9-4-3-5-10(12-9)11(8-13)6-7-11/h2-5,8H,1,6-7H2. The van der Waals surface area contributed by atoms with Crippen molar-refractivity contribution in [1.82, 2.24) is 4.98 Å². The van der Waals surface area contributed by atoms with Gasteiger partial charge < -0.3 is 4.79 Å². The van der Waals surface area contributed by atoms with E-state index in [2.05, 4.69) is 11.6 Å². The van der Waals surface area contributed by atoms with Crippen molar-refractivity contribution in [3.05, 3.63) is 36.2 Å². The van der Waals surface area contributed by atoms with Gasteiger partial charge in [0.25, 0.3) is 0 Å². The summed E-state index contributed by atoms with van der Waals surface area (Å²) >= 11 is 0. The smallest absolute Gasteiger partial charge is 0.132 e. The van der Waals surface area contributed by atoms with Crippen LogP contribution < -0.4 is 0 Å². The van der Waals surface area contributed by atoms with Gasteiger partial charge >= 0.3 is 0 Å². The first-order valence-electron chi connectivity index (χ1n) is 4.37. The number of pyridine rings is 1. The van der Waals surface area contributed by atoms with Crippen LogP contribution in [0.15, 0.2) is 24.8 Å². The summed E-state index contributed by atoms with van der Waals surface area (Å²) in [5.41, 5.74) is 1.46. The van der Waals surface area contributed by atoms with E-state index in [1.54, 1.807) is 6.08 Å². The zero-order valence-corrected chi connectivity index (χ0v) is 7.36. The number of carbonyl (C=O) groups is 1. The number of nitrogens with zero attached hydrogens (tertiary/aromatic N) is 1. The van der Waals surface area contributed by atoms with E-state index in [-0.39, 0.29) is 5.41 Å². The van der Waals surface area contributed by atoms with Crippen LogP contribution in [0.3, 0.4) is 0 Å². The maximum absolute atomic E-state index is 10.8. The lowest BCUT2D eigenvalue weighted by atomic mass is 10.0. The summed E-state index contributed by atoms with van der Waals surface area (Å²) in [4.78, 5) is 15.2. The van der Waals surface area contributed by atoms with E-state index in [1.165, 1.54) is 0 Å². The van der Waals surface area contributed by atoms with Gasteiger partial charge in [0.2, 0.25) is 0 Å². The summed E-state index contributed by atoms with van der Waals surface area (Å²) in [6, 6.07) is 5.72. The highest BCUT2D eigenvalue weighted by atomic mass is 16.1. The van der Waals surface area contributed by atoms with Gasteiger partial charge in [0.1, 0.15) is 6.29 Å². The number of hydrogen-bond donors (Lipinski definition) is 0. The maximum atomic E-state index is 10.8. The normalized spacial score (nSPS) is 17.8. The molecule has 0 aromatic carbocycles. The highest BCUT2D eigenvalue weighted by Gasteiger charge is 2.45. The summed E-state index contributed by atoms with van der Waals surface area (Å²) in [5, 5.41) is 0. The zero-order valence-electron chi connectivity index (χ0n) is 7.36. The fraction of sp³-hybridized carbons (Fsp3) is 0.273. The Kier molecular flexibility index (Phi) is 1.76. The second-order valence-corrected chi connectivity index (χ2v) is 3.43. The molecule has 2 nitrogen and oxygen atoms in total. The molecule has 1 heterocycles. The largest absolute Gasteiger partial charge is 0.302 e. The van der Waals surface area contributed by atoms with Crippen molar-refractivity contribution < 1.29 is 4.79 Å². The van der Waals surface area contributed by atoms with Gasteiger partial charge in [-0.25, -0.2) is 0 Å². The summed E-state index contributed by atoms with van der Waals surface area (Å²) in [7, 11) is 0. The molecule has 2 heteroatoms. The van der Waals surface area contributed by atoms with Crippen molar-refractivity contribution in [2.75, 3.05) is 0 Å². The molecule has 0 spiro atoms. The van der Waals surface area contributed by atoms with Gasteiger partial charge in [-0.1, -0.05) is 12.6 Å². The fourth-order valence-electron chi connectivity index (χ4n) is 1.41. The second-order valence-electron chi connectivity index (χ2n) is 3.43. The molecule has 1 aliphatic rings. The van der Waals surface area contributed by atoms with Gasteiger partial charge in [-0.3, -0.25) is 4.98 Å². The van der Waals surface area contributed by atoms with E-state index >= 15 is 0 Å². The van der Waals surface area contributed by atoms with Gasteiger partial charge in [-0.05, 0) is 31.1 Å². The summed E-state index contributed by atoms with van der Waals surface area (Å²) < 4.78 is 0. The highest BCUT2D eigenvalue weighted by molar-refractivity contribution is 5.72. The predicted molar refractivity (Wildman–Crippen MR) is 51.3 cm³/mol. The first kappa shape index (κ1) is 8.17. The molecule has 1 aromatic rings. The van der Waals surface area contributed by atoms with Crippen LogP contribution in [0.25, 0.3) is 6.08 Å². The van der Waals surface area contributed by atoms with Crippen molar-refractivity contribution in [2.45, 2.75) is 18.3 Å². The minimum absolute atomic E-state index is 0.265. The van der Waals surface area contributed by atoms with Crippen LogP contribution >= 0.6 is 0 Å². The fourth-order valence-corrected chi connectivity index (χ4v) is 1.41. The third-order valence-corrected chi connectivity index (χ3v) is 2.50. The lowest BCUT2D eigenvalue weighted by Gasteiger charge is -2.06. The highest BCUT2D eigenvalue weighted by Crippen LogP contribution is 2.45. The Balaban J connectivity index is 2.40. The molecule has 2 rings (SSSR count). The topological polar surface area (TPSA) is 30.0 Å². The van der Waals surface area contributed by atoms with E-state index in [0.717, 1.165) is 30.5 Å². The van der Waals surface area contributed by atoms with E-state index in [4.69, 9.17) is 0 Å². The van der Waals surface area contributed by atoms with Crippen LogP contribution in [-0.2, 0) is 10.2 Å². The second kappa shape index (κ2) is 2.80. The van der Waals surface area contributed by atoms with Gasteiger partial charge in [-0.15, -0.1) is 0 Å². The summed E-state index contributed by atoms with van der Waals surface area (Å²) in [6.45, 7) is 3.65. The van der Waals surface area contributed by atoms with Crippen molar-refractivity contribution in [1.29, 1.82) is 0 Å². The van der Waals surface area contributed by atoms with Gasteiger partial charge in [0.15, 0.2) is 0 Å². The van der Waals surface area contributed by atoms with Crippen molar-refractivity contribution in [3.8, 4) is 0 Å². The molecule has 1 saturated carbocycles. The van der Waals surface area contributed by atoms with Crippen LogP contribution in [0.2, 0.25) is 0 Å². The Labute approximate surface area is 77.3 Å². The number of rotatable bonds is 3. The Morgan fingerprint density at radius 2 is 2.23 bits per heavy atom. The lowest BCUT2D eigenvalue weighted by Crippen LogP contribution is -2.10. The molecule has 1 fully saturated rings. The van der Waals surface area contributed by atoms with Crippen molar-refractivity contribution in [3.63, 3.8) is 0 Å². The molecular formula is C11H11NO. The van der Waals surface area contributed by atoms with Gasteiger partial charge in [-0.2, -0.15) is 0 Å². The Morgan fingerprint density at radius 1 is 1.46 bits per heavy atom. The quantitative estimate of drug-likeness (QED) is 0.654. The molecule has 66 valence electrons. The van der Waals surface area contributed by atoms with E-state index in [0.29, 0.717) is 0 Å². The molecule has 0 N–H and O–H groups in total. The first-order valence-corrected chi connectivity index (χ1v) is 4.37. The third-order valence-electron chi connectivity index (χ3n) is 2.50. The minimum atomic E-state index is -0.265. The average Bonchev–Trinajstić information content (AvgIpc) is 2.99. The molecule has 0 amide bonds. The molecule has 1 aromatic heterocycles. The van der Waals surface area contributed by atoms with Crippen LogP contribution in [0.1, 0.15) is 24.2 Å². The maximum Gasteiger partial charge on any atom is 0.132 e. The molecular weight excluding hydrogens is 162 g/mol. The van der Waals surface area contributed by atoms with Gasteiger partial charge in [0, 0.05) is 0 Å². The minimum Gasteiger partial charge on any atom is -0.302 e. The zero-order chi connectivity index (χ0) is 9.31. The number of aldehydes is 1. The van der Waals surface area contributed by atoms with Crippen molar-refractivity contribution >= 4 is 12.4 Å². The SMILES string of the molecule is C=Cc1cccc(C2(C=O)CC2)n1. The molecule has 0 bridgehead atoms. The van der Waals surface area contributed by atoms with E-state index in [9.17, 15) is 4.79 Å². The van der Waals surface area contributed by atoms with Crippen LogP contribution in [0.5, 0.6) is 0 Å². The van der Waals surface area contributed by atoms with Crippen LogP contribution in [0.4, 0.5) is 0 Å². The Morgan fingerprint density at radius 3 is 2.77 bits per heavy atom. The summed E-state index contributed by atoms with van der Waals surface area (Å²) in [6.07, 6.45) is 4.58. The molecule has 0 unspecified atom stereocenters. The number of aromatic nitrogens is 1. The molecule has 0 atom stereocenters. The van der Waals surface area contributed by atoms with Crippen molar-refractivity contribution in [2.24, 2.45) is 0 Å². The predicted octanol–water partition coefficient (Wildman–Crippen LogP) is 1.96. The van der Waals surface area contributed by atoms with Crippen LogP contribution in [0, 0.1) is 0 Å². The third kappa shape index (κ3) is 1.28. The molecule has 0 aliphatic heterocycles. The lowest BCUT2D eigenvalue weighted by molar-refractivity contribution is -0.109.